The average Bonchev–Trinajstić information content (AvgIpc) is 2.81. The molecule has 0 aromatic carbocycles. The first-order valence-electron chi connectivity index (χ1n) is 4.60. The maximum absolute atomic E-state index is 11.8. The highest BCUT2D eigenvalue weighted by atomic mass is 32.2. The van der Waals surface area contributed by atoms with Crippen LogP contribution in [0.5, 0.6) is 0 Å². The van der Waals surface area contributed by atoms with Crippen molar-refractivity contribution in [1.82, 2.24) is 9.71 Å². The molecule has 2 heterocycles. The van der Waals surface area contributed by atoms with Gasteiger partial charge in [-0.1, -0.05) is 6.07 Å². The summed E-state index contributed by atoms with van der Waals surface area (Å²) in [5.41, 5.74) is 0. The molecule has 0 saturated heterocycles. The number of rotatable bonds is 4. The van der Waals surface area contributed by atoms with Gasteiger partial charge in [0.25, 0.3) is 0 Å². The maximum Gasteiger partial charge on any atom is 0.242 e. The van der Waals surface area contributed by atoms with Gasteiger partial charge >= 0.3 is 0 Å². The first kappa shape index (κ1) is 11.3. The standard InChI is InChI=1S/C10H10N2O2S2/c13-16(14,10-4-1-5-11-8-10)12-7-9-3-2-6-15-9/h1-6,8,12H,7H2. The van der Waals surface area contributed by atoms with Gasteiger partial charge in [0.15, 0.2) is 0 Å². The summed E-state index contributed by atoms with van der Waals surface area (Å²) in [5.74, 6) is 0. The van der Waals surface area contributed by atoms with E-state index in [0.717, 1.165) is 4.88 Å². The van der Waals surface area contributed by atoms with E-state index in [1.807, 2.05) is 17.5 Å². The number of pyridine rings is 1. The molecule has 0 radical (unpaired) electrons. The zero-order chi connectivity index (χ0) is 11.4. The lowest BCUT2D eigenvalue weighted by atomic mass is 10.5. The molecule has 84 valence electrons. The average molecular weight is 254 g/mol. The largest absolute Gasteiger partial charge is 0.263 e. The summed E-state index contributed by atoms with van der Waals surface area (Å²) >= 11 is 1.52. The second-order valence-electron chi connectivity index (χ2n) is 3.09. The predicted molar refractivity (Wildman–Crippen MR) is 62.6 cm³/mol. The van der Waals surface area contributed by atoms with Gasteiger partial charge in [-0.3, -0.25) is 4.98 Å². The lowest BCUT2D eigenvalue weighted by Crippen LogP contribution is -2.22. The van der Waals surface area contributed by atoms with Crippen LogP contribution in [0.25, 0.3) is 0 Å². The van der Waals surface area contributed by atoms with E-state index in [0.29, 0.717) is 6.54 Å². The van der Waals surface area contributed by atoms with E-state index in [2.05, 4.69) is 9.71 Å². The highest BCUT2D eigenvalue weighted by molar-refractivity contribution is 7.89. The zero-order valence-electron chi connectivity index (χ0n) is 8.33. The predicted octanol–water partition coefficient (Wildman–Crippen LogP) is 1.62. The lowest BCUT2D eigenvalue weighted by molar-refractivity contribution is 0.581. The van der Waals surface area contributed by atoms with Crippen LogP contribution in [0.2, 0.25) is 0 Å². The van der Waals surface area contributed by atoms with Crippen molar-refractivity contribution in [2.24, 2.45) is 0 Å². The Kier molecular flexibility index (Phi) is 3.33. The van der Waals surface area contributed by atoms with Gasteiger partial charge in [-0.2, -0.15) is 0 Å². The molecule has 2 aromatic rings. The van der Waals surface area contributed by atoms with E-state index in [1.165, 1.54) is 29.8 Å². The van der Waals surface area contributed by atoms with Gasteiger partial charge in [0, 0.05) is 23.8 Å². The number of hydrogen-bond donors (Lipinski definition) is 1. The van der Waals surface area contributed by atoms with Crippen LogP contribution in [0.3, 0.4) is 0 Å². The molecule has 1 N–H and O–H groups in total. The number of hydrogen-bond acceptors (Lipinski definition) is 4. The second kappa shape index (κ2) is 4.73. The first-order chi connectivity index (χ1) is 7.68. The maximum atomic E-state index is 11.8. The van der Waals surface area contributed by atoms with E-state index < -0.39 is 10.0 Å². The molecule has 0 spiro atoms. The van der Waals surface area contributed by atoms with Crippen LogP contribution in [-0.4, -0.2) is 13.4 Å². The Labute approximate surface area is 98.0 Å². The van der Waals surface area contributed by atoms with Crippen LogP contribution in [0, 0.1) is 0 Å². The molecule has 16 heavy (non-hydrogen) atoms. The summed E-state index contributed by atoms with van der Waals surface area (Å²) in [7, 11) is -3.44. The quantitative estimate of drug-likeness (QED) is 0.902. The summed E-state index contributed by atoms with van der Waals surface area (Å²) in [5, 5.41) is 1.91. The molecule has 0 fully saturated rings. The minimum Gasteiger partial charge on any atom is -0.263 e. The van der Waals surface area contributed by atoms with E-state index in [1.54, 1.807) is 6.07 Å². The van der Waals surface area contributed by atoms with Crippen molar-refractivity contribution in [1.29, 1.82) is 0 Å². The SMILES string of the molecule is O=S(=O)(NCc1cccs1)c1cccnc1. The zero-order valence-corrected chi connectivity index (χ0v) is 9.96. The van der Waals surface area contributed by atoms with Gasteiger partial charge in [-0.25, -0.2) is 13.1 Å². The van der Waals surface area contributed by atoms with Crippen molar-refractivity contribution in [2.75, 3.05) is 0 Å². The Morgan fingerprint density at radius 1 is 1.31 bits per heavy atom. The molecular weight excluding hydrogens is 244 g/mol. The van der Waals surface area contributed by atoms with Crippen molar-refractivity contribution in [3.05, 3.63) is 46.9 Å². The van der Waals surface area contributed by atoms with Crippen LogP contribution >= 0.6 is 11.3 Å². The molecule has 0 saturated carbocycles. The molecule has 0 aliphatic carbocycles. The van der Waals surface area contributed by atoms with E-state index in [9.17, 15) is 8.42 Å². The van der Waals surface area contributed by atoms with Crippen molar-refractivity contribution in [2.45, 2.75) is 11.4 Å². The molecule has 6 heteroatoms. The molecule has 4 nitrogen and oxygen atoms in total. The molecule has 0 unspecified atom stereocenters. The van der Waals surface area contributed by atoms with E-state index in [-0.39, 0.29) is 4.90 Å². The molecular formula is C10H10N2O2S2. The summed E-state index contributed by atoms with van der Waals surface area (Å²) in [4.78, 5) is 4.95. The van der Waals surface area contributed by atoms with Gasteiger partial charge < -0.3 is 0 Å². The molecule has 0 aliphatic heterocycles. The fourth-order valence-electron chi connectivity index (χ4n) is 1.17. The smallest absolute Gasteiger partial charge is 0.242 e. The van der Waals surface area contributed by atoms with E-state index in [4.69, 9.17) is 0 Å². The van der Waals surface area contributed by atoms with Crippen molar-refractivity contribution in [3.63, 3.8) is 0 Å². The third kappa shape index (κ3) is 2.66. The Hall–Kier alpha value is -1.24. The Morgan fingerprint density at radius 2 is 2.19 bits per heavy atom. The molecule has 2 aromatic heterocycles. The minimum absolute atomic E-state index is 0.187. The molecule has 0 bridgehead atoms. The third-order valence-corrected chi connectivity index (χ3v) is 4.22. The Morgan fingerprint density at radius 3 is 2.81 bits per heavy atom. The number of sulfonamides is 1. The van der Waals surface area contributed by atoms with Gasteiger partial charge in [-0.15, -0.1) is 11.3 Å². The van der Waals surface area contributed by atoms with E-state index >= 15 is 0 Å². The first-order valence-corrected chi connectivity index (χ1v) is 6.97. The summed E-state index contributed by atoms with van der Waals surface area (Å²) < 4.78 is 26.1. The lowest BCUT2D eigenvalue weighted by Gasteiger charge is -2.04. The highest BCUT2D eigenvalue weighted by Gasteiger charge is 2.13. The number of nitrogens with one attached hydrogen (secondary N) is 1. The van der Waals surface area contributed by atoms with Crippen molar-refractivity contribution < 1.29 is 8.42 Å². The van der Waals surface area contributed by atoms with Gasteiger partial charge in [0.1, 0.15) is 4.90 Å². The number of aromatic nitrogens is 1. The summed E-state index contributed by atoms with van der Waals surface area (Å²) in [6.07, 6.45) is 2.87. The van der Waals surface area contributed by atoms with Crippen molar-refractivity contribution >= 4 is 21.4 Å². The number of nitrogens with zero attached hydrogens (tertiary/aromatic N) is 1. The van der Waals surface area contributed by atoms with Gasteiger partial charge in [0.2, 0.25) is 10.0 Å². The molecule has 0 atom stereocenters. The van der Waals surface area contributed by atoms with Crippen LogP contribution in [0.15, 0.2) is 46.9 Å². The van der Waals surface area contributed by atoms with Gasteiger partial charge in [0.05, 0.1) is 0 Å². The molecule has 0 aliphatic rings. The number of thiophene rings is 1. The van der Waals surface area contributed by atoms with Crippen LogP contribution in [0.1, 0.15) is 4.88 Å². The second-order valence-corrected chi connectivity index (χ2v) is 5.89. The summed E-state index contributed by atoms with van der Waals surface area (Å²) in [6, 6.07) is 6.89. The fraction of sp³-hybridized carbons (Fsp3) is 0.100. The Balaban J connectivity index is 2.10. The Bertz CT molecular complexity index is 535. The van der Waals surface area contributed by atoms with Crippen molar-refractivity contribution in [3.8, 4) is 0 Å². The normalized spacial score (nSPS) is 11.5. The third-order valence-electron chi connectivity index (χ3n) is 1.96. The van der Waals surface area contributed by atoms with Crippen LogP contribution < -0.4 is 4.72 Å². The topological polar surface area (TPSA) is 59.1 Å². The minimum atomic E-state index is -3.44. The monoisotopic (exact) mass is 254 g/mol. The fourth-order valence-corrected chi connectivity index (χ4v) is 2.87. The molecule has 0 amide bonds. The highest BCUT2D eigenvalue weighted by Crippen LogP contribution is 2.10. The molecule has 2 rings (SSSR count). The van der Waals surface area contributed by atoms with Crippen LogP contribution in [-0.2, 0) is 16.6 Å². The van der Waals surface area contributed by atoms with Gasteiger partial charge in [-0.05, 0) is 23.6 Å². The summed E-state index contributed by atoms with van der Waals surface area (Å²) in [6.45, 7) is 0.314. The van der Waals surface area contributed by atoms with Crippen LogP contribution in [0.4, 0.5) is 0 Å².